The largest absolute Gasteiger partial charge is 0.368 e. The maximum absolute atomic E-state index is 6.03. The number of halogens is 1. The Bertz CT molecular complexity index is 449. The molecule has 0 saturated heterocycles. The number of rotatable bonds is 2. The summed E-state index contributed by atoms with van der Waals surface area (Å²) < 4.78 is 1.73. The van der Waals surface area contributed by atoms with Crippen molar-refractivity contribution in [1.82, 2.24) is 14.4 Å². The minimum atomic E-state index is 0.330. The lowest BCUT2D eigenvalue weighted by Gasteiger charge is -2.09. The number of anilines is 1. The van der Waals surface area contributed by atoms with Gasteiger partial charge >= 0.3 is 0 Å². The number of imidazole rings is 1. The number of hydrogen-bond donors (Lipinski definition) is 1. The molecule has 1 N–H and O–H groups in total. The molecular weight excluding hydrogens is 200 g/mol. The fourth-order valence-electron chi connectivity index (χ4n) is 1.24. The average Bonchev–Trinajstić information content (AvgIpc) is 2.50. The van der Waals surface area contributed by atoms with Crippen molar-refractivity contribution >= 4 is 23.2 Å². The van der Waals surface area contributed by atoms with Gasteiger partial charge in [0.15, 0.2) is 0 Å². The van der Waals surface area contributed by atoms with Crippen molar-refractivity contribution in [2.24, 2.45) is 0 Å². The van der Waals surface area contributed by atoms with E-state index in [4.69, 9.17) is 11.6 Å². The maximum atomic E-state index is 6.03. The van der Waals surface area contributed by atoms with Gasteiger partial charge in [-0.05, 0) is 13.8 Å². The molecule has 0 spiro atoms. The van der Waals surface area contributed by atoms with Crippen LogP contribution in [0.4, 0.5) is 5.82 Å². The maximum Gasteiger partial charge on any atom is 0.236 e. The molecule has 0 atom stereocenters. The molecular formula is C9H11ClN4. The molecule has 74 valence electrons. The smallest absolute Gasteiger partial charge is 0.236 e. The molecule has 0 aliphatic heterocycles. The summed E-state index contributed by atoms with van der Waals surface area (Å²) in [4.78, 5) is 8.37. The van der Waals surface area contributed by atoms with Gasteiger partial charge in [-0.15, -0.1) is 0 Å². The Morgan fingerprint density at radius 1 is 1.50 bits per heavy atom. The Morgan fingerprint density at radius 2 is 2.29 bits per heavy atom. The fraction of sp³-hybridized carbons (Fsp3) is 0.333. The quantitative estimate of drug-likeness (QED) is 0.773. The molecule has 2 heterocycles. The van der Waals surface area contributed by atoms with E-state index in [1.54, 1.807) is 22.9 Å². The Morgan fingerprint density at radius 3 is 3.00 bits per heavy atom. The second-order valence-electron chi connectivity index (χ2n) is 3.36. The molecule has 0 fully saturated rings. The van der Waals surface area contributed by atoms with E-state index in [0.717, 1.165) is 5.82 Å². The van der Waals surface area contributed by atoms with Gasteiger partial charge in [0.05, 0.1) is 0 Å². The summed E-state index contributed by atoms with van der Waals surface area (Å²) in [7, 11) is 0. The van der Waals surface area contributed by atoms with Gasteiger partial charge in [-0.3, -0.25) is 4.40 Å². The first-order chi connectivity index (χ1) is 6.66. The molecule has 0 amide bonds. The molecule has 0 aliphatic carbocycles. The predicted molar refractivity (Wildman–Crippen MR) is 56.8 cm³/mol. The van der Waals surface area contributed by atoms with Crippen LogP contribution in [-0.4, -0.2) is 20.4 Å². The van der Waals surface area contributed by atoms with Crippen LogP contribution in [0.1, 0.15) is 13.8 Å². The van der Waals surface area contributed by atoms with Crippen molar-refractivity contribution in [3.05, 3.63) is 23.6 Å². The van der Waals surface area contributed by atoms with Crippen molar-refractivity contribution in [3.8, 4) is 0 Å². The predicted octanol–water partition coefficient (Wildman–Crippen LogP) is 2.20. The molecule has 0 aliphatic rings. The minimum absolute atomic E-state index is 0.330. The van der Waals surface area contributed by atoms with Crippen LogP contribution >= 0.6 is 11.6 Å². The molecule has 5 heteroatoms. The number of aromatic nitrogens is 3. The Labute approximate surface area is 86.9 Å². The first-order valence-electron chi connectivity index (χ1n) is 4.43. The number of nitrogens with zero attached hydrogens (tertiary/aromatic N) is 3. The molecule has 2 rings (SSSR count). The molecule has 0 aromatic carbocycles. The van der Waals surface area contributed by atoms with Gasteiger partial charge < -0.3 is 5.32 Å². The lowest BCUT2D eigenvalue weighted by atomic mass is 10.4. The molecule has 0 radical (unpaired) electrons. The highest BCUT2D eigenvalue weighted by Crippen LogP contribution is 2.15. The van der Waals surface area contributed by atoms with Crippen LogP contribution in [0.3, 0.4) is 0 Å². The normalized spacial score (nSPS) is 11.1. The van der Waals surface area contributed by atoms with Crippen LogP contribution in [0.15, 0.2) is 18.5 Å². The van der Waals surface area contributed by atoms with E-state index in [0.29, 0.717) is 17.0 Å². The van der Waals surface area contributed by atoms with E-state index in [2.05, 4.69) is 15.3 Å². The Kier molecular flexibility index (Phi) is 2.29. The zero-order chi connectivity index (χ0) is 10.1. The van der Waals surface area contributed by atoms with E-state index in [-0.39, 0.29) is 0 Å². The van der Waals surface area contributed by atoms with Crippen molar-refractivity contribution in [2.45, 2.75) is 19.9 Å². The molecule has 0 unspecified atom stereocenters. The number of fused-ring (bicyclic) bond motifs is 1. The zero-order valence-corrected chi connectivity index (χ0v) is 8.78. The van der Waals surface area contributed by atoms with Gasteiger partial charge in [0.25, 0.3) is 0 Å². The van der Waals surface area contributed by atoms with Gasteiger partial charge in [-0.25, -0.2) is 4.98 Å². The van der Waals surface area contributed by atoms with Crippen molar-refractivity contribution in [3.63, 3.8) is 0 Å². The lowest BCUT2D eigenvalue weighted by molar-refractivity contribution is 0.887. The second kappa shape index (κ2) is 3.46. The van der Waals surface area contributed by atoms with Crippen LogP contribution in [0.2, 0.25) is 5.15 Å². The monoisotopic (exact) mass is 210 g/mol. The summed E-state index contributed by atoms with van der Waals surface area (Å²) >= 11 is 6.03. The highest BCUT2D eigenvalue weighted by atomic mass is 35.5. The standard InChI is InChI=1S/C9H11ClN4/c1-6(2)12-8-5-7(10)14-4-3-11-9(14)13-8/h3-6H,1-2H3,(H,11,12,13). The third-order valence-electron chi connectivity index (χ3n) is 1.76. The van der Waals surface area contributed by atoms with Gasteiger partial charge in [-0.1, -0.05) is 11.6 Å². The van der Waals surface area contributed by atoms with E-state index in [1.165, 1.54) is 0 Å². The third-order valence-corrected chi connectivity index (χ3v) is 2.06. The first kappa shape index (κ1) is 9.27. The Balaban J connectivity index is 2.47. The number of nitrogens with one attached hydrogen (secondary N) is 1. The van der Waals surface area contributed by atoms with Gasteiger partial charge in [0.1, 0.15) is 11.0 Å². The zero-order valence-electron chi connectivity index (χ0n) is 8.03. The van der Waals surface area contributed by atoms with Crippen LogP contribution in [0.25, 0.3) is 5.78 Å². The fourth-order valence-corrected chi connectivity index (χ4v) is 1.47. The number of hydrogen-bond acceptors (Lipinski definition) is 3. The van der Waals surface area contributed by atoms with E-state index < -0.39 is 0 Å². The van der Waals surface area contributed by atoms with E-state index in [1.807, 2.05) is 13.8 Å². The molecule has 14 heavy (non-hydrogen) atoms. The van der Waals surface area contributed by atoms with Gasteiger partial charge in [-0.2, -0.15) is 4.98 Å². The topological polar surface area (TPSA) is 42.2 Å². The molecule has 2 aromatic rings. The second-order valence-corrected chi connectivity index (χ2v) is 3.75. The van der Waals surface area contributed by atoms with Crippen LogP contribution in [0.5, 0.6) is 0 Å². The van der Waals surface area contributed by atoms with Crippen molar-refractivity contribution < 1.29 is 0 Å². The van der Waals surface area contributed by atoms with Crippen LogP contribution in [0, 0.1) is 0 Å². The highest BCUT2D eigenvalue weighted by molar-refractivity contribution is 6.30. The summed E-state index contributed by atoms with van der Waals surface area (Å²) in [5.41, 5.74) is 0. The average molecular weight is 211 g/mol. The SMILES string of the molecule is CC(C)Nc1cc(Cl)n2ccnc2n1. The third kappa shape index (κ3) is 1.65. The molecule has 4 nitrogen and oxygen atoms in total. The molecule has 0 saturated carbocycles. The van der Waals surface area contributed by atoms with Gasteiger partial charge in [0, 0.05) is 24.5 Å². The molecule has 0 bridgehead atoms. The first-order valence-corrected chi connectivity index (χ1v) is 4.81. The van der Waals surface area contributed by atoms with E-state index >= 15 is 0 Å². The summed E-state index contributed by atoms with van der Waals surface area (Å²) in [6, 6.07) is 2.12. The highest BCUT2D eigenvalue weighted by Gasteiger charge is 2.04. The van der Waals surface area contributed by atoms with Crippen LogP contribution in [-0.2, 0) is 0 Å². The van der Waals surface area contributed by atoms with Crippen molar-refractivity contribution in [2.75, 3.05) is 5.32 Å². The lowest BCUT2D eigenvalue weighted by Crippen LogP contribution is -2.11. The molecule has 2 aromatic heterocycles. The van der Waals surface area contributed by atoms with Gasteiger partial charge in [0.2, 0.25) is 5.78 Å². The minimum Gasteiger partial charge on any atom is -0.368 e. The van der Waals surface area contributed by atoms with E-state index in [9.17, 15) is 0 Å². The summed E-state index contributed by atoms with van der Waals surface area (Å²) in [5.74, 6) is 1.37. The Hall–Kier alpha value is -1.29. The summed E-state index contributed by atoms with van der Waals surface area (Å²) in [6.45, 7) is 4.09. The van der Waals surface area contributed by atoms with Crippen molar-refractivity contribution in [1.29, 1.82) is 0 Å². The summed E-state index contributed by atoms with van der Waals surface area (Å²) in [5, 5.41) is 3.79. The summed E-state index contributed by atoms with van der Waals surface area (Å²) in [6.07, 6.45) is 3.46. The van der Waals surface area contributed by atoms with Crippen LogP contribution < -0.4 is 5.32 Å².